The summed E-state index contributed by atoms with van der Waals surface area (Å²) in [7, 11) is 0. The average molecular weight is 335 g/mol. The van der Waals surface area contributed by atoms with Crippen molar-refractivity contribution in [1.29, 1.82) is 0 Å². The maximum atomic E-state index is 11.7. The summed E-state index contributed by atoms with van der Waals surface area (Å²) in [5.74, 6) is -0.650. The molecule has 1 aromatic rings. The molecule has 1 aliphatic carbocycles. The fourth-order valence-corrected chi connectivity index (χ4v) is 2.90. The van der Waals surface area contributed by atoms with Crippen LogP contribution in [0, 0.1) is 0 Å². The summed E-state index contributed by atoms with van der Waals surface area (Å²) in [4.78, 5) is 11.7. The van der Waals surface area contributed by atoms with Crippen molar-refractivity contribution in [2.24, 2.45) is 5.73 Å². The van der Waals surface area contributed by atoms with Gasteiger partial charge in [0.2, 0.25) is 6.29 Å². The topological polar surface area (TPSA) is 81.8 Å². The molecule has 1 aliphatic heterocycles. The lowest BCUT2D eigenvalue weighted by atomic mass is 9.97. The minimum Gasteiger partial charge on any atom is -0.434 e. The molecule has 134 valence electrons. The van der Waals surface area contributed by atoms with Crippen molar-refractivity contribution in [3.8, 4) is 0 Å². The Bertz CT molecular complexity index is 468. The second kappa shape index (κ2) is 10.4. The number of nitrogens with two attached hydrogens (primary N) is 1. The van der Waals surface area contributed by atoms with E-state index in [0.29, 0.717) is 24.6 Å². The van der Waals surface area contributed by atoms with Crippen LogP contribution in [-0.4, -0.2) is 30.0 Å². The zero-order valence-electron chi connectivity index (χ0n) is 14.2. The van der Waals surface area contributed by atoms with Gasteiger partial charge < -0.3 is 20.3 Å². The SMILES string of the molecule is NC1CCCCC1.O=C(OC1CCCCO1)C(O)c1ccccc1. The van der Waals surface area contributed by atoms with Gasteiger partial charge in [0.05, 0.1) is 6.61 Å². The third-order valence-corrected chi connectivity index (χ3v) is 4.37. The summed E-state index contributed by atoms with van der Waals surface area (Å²) < 4.78 is 10.4. The van der Waals surface area contributed by atoms with Crippen molar-refractivity contribution in [2.75, 3.05) is 6.61 Å². The minimum absolute atomic E-state index is 0.505. The normalized spacial score (nSPS) is 22.8. The van der Waals surface area contributed by atoms with E-state index >= 15 is 0 Å². The van der Waals surface area contributed by atoms with Gasteiger partial charge in [0, 0.05) is 12.5 Å². The summed E-state index contributed by atoms with van der Waals surface area (Å²) in [5, 5.41) is 9.79. The van der Waals surface area contributed by atoms with Gasteiger partial charge in [0.25, 0.3) is 0 Å². The molecule has 5 nitrogen and oxygen atoms in total. The van der Waals surface area contributed by atoms with Crippen LogP contribution in [0.5, 0.6) is 0 Å². The summed E-state index contributed by atoms with van der Waals surface area (Å²) in [6.07, 6.45) is 7.61. The second-order valence-electron chi connectivity index (χ2n) is 6.44. The molecule has 2 aliphatic rings. The molecule has 0 aromatic heterocycles. The average Bonchev–Trinajstić information content (AvgIpc) is 2.64. The molecule has 0 bridgehead atoms. The fraction of sp³-hybridized carbons (Fsp3) is 0.632. The number of esters is 1. The van der Waals surface area contributed by atoms with Crippen molar-refractivity contribution in [3.05, 3.63) is 35.9 Å². The molecular formula is C19H29NO4. The van der Waals surface area contributed by atoms with E-state index < -0.39 is 18.4 Å². The predicted octanol–water partition coefficient (Wildman–Crippen LogP) is 3.07. The van der Waals surface area contributed by atoms with E-state index in [4.69, 9.17) is 15.2 Å². The standard InChI is InChI=1S/C13H16O4.C6H13N/c14-12(10-6-2-1-3-7-10)13(15)17-11-8-4-5-9-16-11;7-6-4-2-1-3-5-6/h1-3,6-7,11-12,14H,4-5,8-9H2;6H,1-5,7H2. The number of benzene rings is 1. The van der Waals surface area contributed by atoms with E-state index in [9.17, 15) is 9.90 Å². The first kappa shape index (κ1) is 18.9. The summed E-state index contributed by atoms with van der Waals surface area (Å²) in [6.45, 7) is 0.610. The number of hydrogen-bond donors (Lipinski definition) is 2. The van der Waals surface area contributed by atoms with Crippen molar-refractivity contribution in [1.82, 2.24) is 0 Å². The molecule has 5 heteroatoms. The number of rotatable bonds is 3. The number of carbonyl (C=O) groups excluding carboxylic acids is 1. The van der Waals surface area contributed by atoms with Crippen molar-refractivity contribution >= 4 is 5.97 Å². The summed E-state index contributed by atoms with van der Waals surface area (Å²) >= 11 is 0. The maximum Gasteiger partial charge on any atom is 0.341 e. The van der Waals surface area contributed by atoms with E-state index in [1.807, 2.05) is 6.07 Å². The van der Waals surface area contributed by atoms with E-state index in [0.717, 1.165) is 12.8 Å². The Kier molecular flexibility index (Phi) is 8.22. The highest BCUT2D eigenvalue weighted by molar-refractivity contribution is 5.76. The Balaban J connectivity index is 0.000000249. The number of hydrogen-bond acceptors (Lipinski definition) is 5. The number of carbonyl (C=O) groups is 1. The van der Waals surface area contributed by atoms with Gasteiger partial charge in [-0.25, -0.2) is 4.79 Å². The highest BCUT2D eigenvalue weighted by atomic mass is 16.7. The van der Waals surface area contributed by atoms with Crippen LogP contribution in [0.4, 0.5) is 0 Å². The Morgan fingerprint density at radius 3 is 2.29 bits per heavy atom. The molecule has 0 spiro atoms. The maximum absolute atomic E-state index is 11.7. The fourth-order valence-electron chi connectivity index (χ4n) is 2.90. The van der Waals surface area contributed by atoms with Gasteiger partial charge in [-0.05, 0) is 31.2 Å². The van der Waals surface area contributed by atoms with Gasteiger partial charge in [-0.3, -0.25) is 0 Å². The third kappa shape index (κ3) is 6.59. The van der Waals surface area contributed by atoms with Crippen molar-refractivity contribution in [3.63, 3.8) is 0 Å². The third-order valence-electron chi connectivity index (χ3n) is 4.37. The van der Waals surface area contributed by atoms with Gasteiger partial charge in [-0.2, -0.15) is 0 Å². The van der Waals surface area contributed by atoms with Crippen LogP contribution >= 0.6 is 0 Å². The van der Waals surface area contributed by atoms with E-state index in [-0.39, 0.29) is 0 Å². The summed E-state index contributed by atoms with van der Waals surface area (Å²) in [6, 6.07) is 9.27. The van der Waals surface area contributed by atoms with Crippen molar-refractivity contribution in [2.45, 2.75) is 69.8 Å². The van der Waals surface area contributed by atoms with E-state index in [1.54, 1.807) is 24.3 Å². The first-order valence-corrected chi connectivity index (χ1v) is 8.97. The van der Waals surface area contributed by atoms with Gasteiger partial charge >= 0.3 is 5.97 Å². The molecule has 24 heavy (non-hydrogen) atoms. The highest BCUT2D eigenvalue weighted by Gasteiger charge is 2.24. The molecule has 1 heterocycles. The Labute approximate surface area is 144 Å². The van der Waals surface area contributed by atoms with Crippen LogP contribution in [0.15, 0.2) is 30.3 Å². The number of ether oxygens (including phenoxy) is 2. The van der Waals surface area contributed by atoms with Crippen LogP contribution in [0.3, 0.4) is 0 Å². The Morgan fingerprint density at radius 1 is 1.08 bits per heavy atom. The molecule has 3 N–H and O–H groups in total. The van der Waals surface area contributed by atoms with E-state index in [1.165, 1.54) is 32.1 Å². The molecule has 0 amide bonds. The van der Waals surface area contributed by atoms with Gasteiger partial charge in [0.1, 0.15) is 0 Å². The molecule has 2 unspecified atom stereocenters. The van der Waals surface area contributed by atoms with Gasteiger partial charge in [-0.1, -0.05) is 49.6 Å². The first-order chi connectivity index (χ1) is 11.7. The lowest BCUT2D eigenvalue weighted by Crippen LogP contribution is -2.28. The molecule has 1 saturated carbocycles. The largest absolute Gasteiger partial charge is 0.434 e. The molecule has 1 aromatic carbocycles. The molecular weight excluding hydrogens is 306 g/mol. The van der Waals surface area contributed by atoms with E-state index in [2.05, 4.69) is 0 Å². The molecule has 0 radical (unpaired) electrons. The van der Waals surface area contributed by atoms with Crippen LogP contribution in [0.1, 0.15) is 63.0 Å². The van der Waals surface area contributed by atoms with Gasteiger partial charge in [-0.15, -0.1) is 0 Å². The van der Waals surface area contributed by atoms with Crippen LogP contribution < -0.4 is 5.73 Å². The summed E-state index contributed by atoms with van der Waals surface area (Å²) in [5.41, 5.74) is 6.17. The first-order valence-electron chi connectivity index (χ1n) is 8.97. The monoisotopic (exact) mass is 335 g/mol. The zero-order chi connectivity index (χ0) is 17.2. The highest BCUT2D eigenvalue weighted by Crippen LogP contribution is 2.19. The lowest BCUT2D eigenvalue weighted by Gasteiger charge is -2.23. The Morgan fingerprint density at radius 2 is 1.75 bits per heavy atom. The van der Waals surface area contributed by atoms with Crippen LogP contribution in [0.2, 0.25) is 0 Å². The Hall–Kier alpha value is -1.43. The smallest absolute Gasteiger partial charge is 0.341 e. The van der Waals surface area contributed by atoms with Crippen molar-refractivity contribution < 1.29 is 19.4 Å². The number of aliphatic hydroxyl groups excluding tert-OH is 1. The molecule has 2 atom stereocenters. The molecule has 2 fully saturated rings. The quantitative estimate of drug-likeness (QED) is 0.830. The van der Waals surface area contributed by atoms with Gasteiger partial charge in [0.15, 0.2) is 6.10 Å². The second-order valence-corrected chi connectivity index (χ2v) is 6.44. The predicted molar refractivity (Wildman–Crippen MR) is 92.1 cm³/mol. The molecule has 1 saturated heterocycles. The van der Waals surface area contributed by atoms with Crippen LogP contribution in [-0.2, 0) is 14.3 Å². The molecule has 3 rings (SSSR count). The van der Waals surface area contributed by atoms with Crippen LogP contribution in [0.25, 0.3) is 0 Å². The lowest BCUT2D eigenvalue weighted by molar-refractivity contribution is -0.195. The number of aliphatic hydroxyl groups is 1. The minimum atomic E-state index is -1.23. The zero-order valence-corrected chi connectivity index (χ0v) is 14.2.